The first kappa shape index (κ1) is 13.6. The fraction of sp³-hybridized carbons (Fsp3) is 0.462. The van der Waals surface area contributed by atoms with Crippen LogP contribution in [0, 0.1) is 3.57 Å². The van der Waals surface area contributed by atoms with Crippen LogP contribution in [-0.4, -0.2) is 41.2 Å². The molecule has 0 atom stereocenters. The second-order valence-electron chi connectivity index (χ2n) is 4.74. The van der Waals surface area contributed by atoms with Crippen molar-refractivity contribution >= 4 is 28.5 Å². The number of aliphatic hydroxyl groups is 1. The molecule has 0 spiro atoms. The molecule has 1 aliphatic heterocycles. The first-order chi connectivity index (χ1) is 8.43. The van der Waals surface area contributed by atoms with E-state index in [2.05, 4.69) is 22.6 Å². The second-order valence-corrected chi connectivity index (χ2v) is 5.90. The number of hydrogen-bond donors (Lipinski definition) is 1. The Morgan fingerprint density at radius 2 is 2.22 bits per heavy atom. The number of hydrogen-bond acceptors (Lipinski definition) is 3. The minimum Gasteiger partial charge on any atom is -0.493 e. The summed E-state index contributed by atoms with van der Waals surface area (Å²) in [6, 6.07) is 5.40. The largest absolute Gasteiger partial charge is 0.493 e. The Kier molecular flexibility index (Phi) is 3.82. The number of halogens is 1. The molecule has 1 N–H and O–H groups in total. The molecule has 1 aromatic carbocycles. The maximum atomic E-state index is 12.1. The van der Waals surface area contributed by atoms with Gasteiger partial charge in [-0.3, -0.25) is 4.79 Å². The van der Waals surface area contributed by atoms with Gasteiger partial charge in [0.1, 0.15) is 5.75 Å². The molecule has 0 saturated carbocycles. The number of amides is 1. The smallest absolute Gasteiger partial charge is 0.254 e. The van der Waals surface area contributed by atoms with Crippen LogP contribution in [0.3, 0.4) is 0 Å². The van der Waals surface area contributed by atoms with Crippen LogP contribution in [0.2, 0.25) is 0 Å². The van der Waals surface area contributed by atoms with Crippen molar-refractivity contribution in [1.29, 1.82) is 0 Å². The fourth-order valence-electron chi connectivity index (χ4n) is 2.01. The number of carbonyl (C=O) groups is 1. The normalized spacial score (nSPS) is 17.2. The molecule has 0 bridgehead atoms. The lowest BCUT2D eigenvalue weighted by molar-refractivity contribution is -0.0668. The summed E-state index contributed by atoms with van der Waals surface area (Å²) in [6.45, 7) is 5.07. The highest BCUT2D eigenvalue weighted by Crippen LogP contribution is 2.26. The highest BCUT2D eigenvalue weighted by atomic mass is 127. The van der Waals surface area contributed by atoms with Gasteiger partial charge in [-0.2, -0.15) is 0 Å². The summed E-state index contributed by atoms with van der Waals surface area (Å²) in [5, 5.41) is 9.63. The summed E-state index contributed by atoms with van der Waals surface area (Å²) in [5.41, 5.74) is -0.0907. The summed E-state index contributed by atoms with van der Waals surface area (Å²) < 4.78 is 6.36. The Bertz CT molecular complexity index is 465. The predicted octanol–water partition coefficient (Wildman–Crippen LogP) is 1.90. The lowest BCUT2D eigenvalue weighted by atomic mass is 9.96. The van der Waals surface area contributed by atoms with Gasteiger partial charge in [-0.05, 0) is 54.6 Å². The van der Waals surface area contributed by atoms with Crippen LogP contribution >= 0.6 is 22.6 Å². The number of likely N-dealkylation sites (tertiary alicyclic amines) is 1. The summed E-state index contributed by atoms with van der Waals surface area (Å²) >= 11 is 2.16. The van der Waals surface area contributed by atoms with E-state index in [1.165, 1.54) is 0 Å². The fourth-order valence-corrected chi connectivity index (χ4v) is 2.68. The zero-order valence-electron chi connectivity index (χ0n) is 10.4. The van der Waals surface area contributed by atoms with Gasteiger partial charge in [0.2, 0.25) is 0 Å². The molecule has 1 amide bonds. The zero-order chi connectivity index (χ0) is 13.3. The van der Waals surface area contributed by atoms with Crippen molar-refractivity contribution in [3.8, 4) is 5.75 Å². The number of ether oxygens (including phenoxy) is 1. The topological polar surface area (TPSA) is 49.8 Å². The van der Waals surface area contributed by atoms with Crippen molar-refractivity contribution in [2.24, 2.45) is 0 Å². The first-order valence-electron chi connectivity index (χ1n) is 5.87. The molecule has 98 valence electrons. The van der Waals surface area contributed by atoms with Gasteiger partial charge in [0, 0.05) is 5.56 Å². The molecule has 18 heavy (non-hydrogen) atoms. The third-order valence-electron chi connectivity index (χ3n) is 2.83. The maximum Gasteiger partial charge on any atom is 0.254 e. The molecule has 4 nitrogen and oxygen atoms in total. The summed E-state index contributed by atoms with van der Waals surface area (Å²) in [4.78, 5) is 13.8. The Balaban J connectivity index is 2.10. The lowest BCUT2D eigenvalue weighted by Crippen LogP contribution is -2.61. The molecular weight excluding hydrogens is 345 g/mol. The zero-order valence-corrected chi connectivity index (χ0v) is 12.6. The molecule has 1 heterocycles. The van der Waals surface area contributed by atoms with Crippen LogP contribution in [0.4, 0.5) is 0 Å². The molecule has 5 heteroatoms. The molecule has 2 rings (SSSR count). The molecule has 0 aliphatic carbocycles. The summed E-state index contributed by atoms with van der Waals surface area (Å²) in [6.07, 6.45) is 0. The van der Waals surface area contributed by atoms with Gasteiger partial charge in [0.05, 0.1) is 28.9 Å². The van der Waals surface area contributed by atoms with E-state index in [1.807, 2.05) is 19.1 Å². The number of β-amino-alcohol motifs (C(OH)–C–C–N with tert-alkyl or cyclic N) is 1. The van der Waals surface area contributed by atoms with Crippen LogP contribution in [0.1, 0.15) is 24.2 Å². The van der Waals surface area contributed by atoms with Crippen LogP contribution in [0.15, 0.2) is 18.2 Å². The highest BCUT2D eigenvalue weighted by Gasteiger charge is 2.39. The van der Waals surface area contributed by atoms with Crippen LogP contribution in [-0.2, 0) is 0 Å². The lowest BCUT2D eigenvalue weighted by Gasteiger charge is -2.44. The van der Waals surface area contributed by atoms with Gasteiger partial charge >= 0.3 is 0 Å². The van der Waals surface area contributed by atoms with Gasteiger partial charge in [0.15, 0.2) is 0 Å². The molecule has 0 radical (unpaired) electrons. The van der Waals surface area contributed by atoms with E-state index in [-0.39, 0.29) is 5.91 Å². The van der Waals surface area contributed by atoms with E-state index in [0.717, 1.165) is 9.32 Å². The van der Waals surface area contributed by atoms with Crippen molar-refractivity contribution in [2.75, 3.05) is 19.7 Å². The molecule has 0 unspecified atom stereocenters. The Morgan fingerprint density at radius 1 is 1.56 bits per heavy atom. The van der Waals surface area contributed by atoms with Crippen molar-refractivity contribution < 1.29 is 14.6 Å². The highest BCUT2D eigenvalue weighted by molar-refractivity contribution is 14.1. The number of benzene rings is 1. The number of carbonyl (C=O) groups excluding carboxylic acids is 1. The molecule has 1 fully saturated rings. The number of rotatable bonds is 3. The Morgan fingerprint density at radius 3 is 2.72 bits per heavy atom. The van der Waals surface area contributed by atoms with E-state index in [1.54, 1.807) is 17.9 Å². The van der Waals surface area contributed by atoms with Crippen LogP contribution < -0.4 is 4.74 Å². The van der Waals surface area contributed by atoms with E-state index < -0.39 is 5.60 Å². The average Bonchev–Trinajstić information content (AvgIpc) is 2.28. The van der Waals surface area contributed by atoms with Gasteiger partial charge in [-0.15, -0.1) is 0 Å². The quantitative estimate of drug-likeness (QED) is 0.837. The number of nitrogens with zero attached hydrogens (tertiary/aromatic N) is 1. The summed E-state index contributed by atoms with van der Waals surface area (Å²) in [5.74, 6) is 0.757. The minimum absolute atomic E-state index is 0.0394. The molecule has 1 saturated heterocycles. The summed E-state index contributed by atoms with van der Waals surface area (Å²) in [7, 11) is 0. The Hall–Kier alpha value is -0.820. The third-order valence-corrected chi connectivity index (χ3v) is 3.67. The van der Waals surface area contributed by atoms with Crippen LogP contribution in [0.5, 0.6) is 5.75 Å². The standard InChI is InChI=1S/C13H16INO3/c1-3-18-11-5-4-9(6-10(11)14)12(16)15-7-13(2,17)8-15/h4-6,17H,3,7-8H2,1-2H3. The van der Waals surface area contributed by atoms with E-state index in [0.29, 0.717) is 25.3 Å². The van der Waals surface area contributed by atoms with Gasteiger partial charge in [-0.1, -0.05) is 0 Å². The van der Waals surface area contributed by atoms with E-state index >= 15 is 0 Å². The van der Waals surface area contributed by atoms with Gasteiger partial charge < -0.3 is 14.7 Å². The molecular formula is C13H16INO3. The first-order valence-corrected chi connectivity index (χ1v) is 6.95. The maximum absolute atomic E-state index is 12.1. The molecule has 1 aliphatic rings. The minimum atomic E-state index is -0.728. The monoisotopic (exact) mass is 361 g/mol. The second kappa shape index (κ2) is 5.05. The molecule has 0 aromatic heterocycles. The SMILES string of the molecule is CCOc1ccc(C(=O)N2CC(C)(O)C2)cc1I. The Labute approximate surface area is 120 Å². The van der Waals surface area contributed by atoms with E-state index in [4.69, 9.17) is 4.74 Å². The van der Waals surface area contributed by atoms with Crippen molar-refractivity contribution in [3.63, 3.8) is 0 Å². The average molecular weight is 361 g/mol. The van der Waals surface area contributed by atoms with Crippen molar-refractivity contribution in [3.05, 3.63) is 27.3 Å². The molecule has 1 aromatic rings. The predicted molar refractivity (Wildman–Crippen MR) is 76.9 cm³/mol. The third kappa shape index (κ3) is 2.77. The van der Waals surface area contributed by atoms with Crippen molar-refractivity contribution in [2.45, 2.75) is 19.4 Å². The van der Waals surface area contributed by atoms with Gasteiger partial charge in [-0.25, -0.2) is 0 Å². The van der Waals surface area contributed by atoms with Crippen LogP contribution in [0.25, 0.3) is 0 Å². The van der Waals surface area contributed by atoms with Crippen molar-refractivity contribution in [1.82, 2.24) is 4.90 Å². The van der Waals surface area contributed by atoms with E-state index in [9.17, 15) is 9.90 Å². The van der Waals surface area contributed by atoms with Gasteiger partial charge in [0.25, 0.3) is 5.91 Å².